The third kappa shape index (κ3) is 2.59. The average Bonchev–Trinajstić information content (AvgIpc) is 2.36. The lowest BCUT2D eigenvalue weighted by molar-refractivity contribution is 1.01. The standard InChI is InChI=1S/C14H15ClN2/c1-3-17(12-7-5-4-6-8-12)13-9-11(2)14(15)16-10-13/h4-10H,3H2,1-2H3. The number of rotatable bonds is 3. The van der Waals surface area contributed by atoms with Gasteiger partial charge < -0.3 is 4.90 Å². The smallest absolute Gasteiger partial charge is 0.132 e. The predicted molar refractivity (Wildman–Crippen MR) is 73.1 cm³/mol. The number of halogens is 1. The van der Waals surface area contributed by atoms with E-state index in [4.69, 9.17) is 11.6 Å². The topological polar surface area (TPSA) is 16.1 Å². The number of aryl methyl sites for hydroxylation is 1. The molecule has 0 aliphatic carbocycles. The van der Waals surface area contributed by atoms with Crippen molar-refractivity contribution in [1.29, 1.82) is 0 Å². The zero-order chi connectivity index (χ0) is 12.3. The third-order valence-electron chi connectivity index (χ3n) is 2.70. The van der Waals surface area contributed by atoms with Gasteiger partial charge in [-0.15, -0.1) is 0 Å². The Morgan fingerprint density at radius 1 is 1.18 bits per heavy atom. The van der Waals surface area contributed by atoms with Crippen LogP contribution < -0.4 is 4.90 Å². The van der Waals surface area contributed by atoms with Crippen molar-refractivity contribution in [3.8, 4) is 0 Å². The largest absolute Gasteiger partial charge is 0.341 e. The van der Waals surface area contributed by atoms with Gasteiger partial charge in [-0.1, -0.05) is 29.8 Å². The second-order valence-electron chi connectivity index (χ2n) is 3.88. The molecular formula is C14H15ClN2. The van der Waals surface area contributed by atoms with Crippen LogP contribution in [-0.4, -0.2) is 11.5 Å². The number of nitrogens with zero attached hydrogens (tertiary/aromatic N) is 2. The fraction of sp³-hybridized carbons (Fsp3) is 0.214. The van der Waals surface area contributed by atoms with Gasteiger partial charge in [-0.25, -0.2) is 4.98 Å². The van der Waals surface area contributed by atoms with Gasteiger partial charge in [0.05, 0.1) is 11.9 Å². The molecule has 0 N–H and O–H groups in total. The normalized spacial score (nSPS) is 10.3. The van der Waals surface area contributed by atoms with Crippen LogP contribution in [-0.2, 0) is 0 Å². The van der Waals surface area contributed by atoms with E-state index in [0.29, 0.717) is 5.15 Å². The SMILES string of the molecule is CCN(c1ccccc1)c1cnc(Cl)c(C)c1. The summed E-state index contributed by atoms with van der Waals surface area (Å²) >= 11 is 5.94. The highest BCUT2D eigenvalue weighted by Crippen LogP contribution is 2.26. The lowest BCUT2D eigenvalue weighted by Gasteiger charge is -2.23. The van der Waals surface area contributed by atoms with Crippen molar-refractivity contribution in [2.75, 3.05) is 11.4 Å². The Morgan fingerprint density at radius 3 is 2.47 bits per heavy atom. The molecule has 0 atom stereocenters. The fourth-order valence-corrected chi connectivity index (χ4v) is 1.92. The van der Waals surface area contributed by atoms with Crippen LogP contribution in [0.2, 0.25) is 5.15 Å². The summed E-state index contributed by atoms with van der Waals surface area (Å²) in [5.74, 6) is 0. The average molecular weight is 247 g/mol. The molecule has 0 radical (unpaired) electrons. The first-order valence-corrected chi connectivity index (χ1v) is 6.05. The minimum Gasteiger partial charge on any atom is -0.341 e. The Kier molecular flexibility index (Phi) is 3.64. The molecule has 88 valence electrons. The molecular weight excluding hydrogens is 232 g/mol. The second kappa shape index (κ2) is 5.19. The van der Waals surface area contributed by atoms with Crippen molar-refractivity contribution < 1.29 is 0 Å². The van der Waals surface area contributed by atoms with Crippen molar-refractivity contribution in [2.45, 2.75) is 13.8 Å². The Morgan fingerprint density at radius 2 is 1.88 bits per heavy atom. The van der Waals surface area contributed by atoms with E-state index in [2.05, 4.69) is 35.0 Å². The van der Waals surface area contributed by atoms with E-state index in [1.807, 2.05) is 31.3 Å². The summed E-state index contributed by atoms with van der Waals surface area (Å²) in [4.78, 5) is 6.40. The van der Waals surface area contributed by atoms with Gasteiger partial charge in [0.1, 0.15) is 5.15 Å². The Balaban J connectivity index is 2.39. The summed E-state index contributed by atoms with van der Waals surface area (Å²) in [5.41, 5.74) is 3.23. The minimum atomic E-state index is 0.567. The van der Waals surface area contributed by atoms with E-state index < -0.39 is 0 Å². The zero-order valence-corrected chi connectivity index (χ0v) is 10.8. The molecule has 1 aromatic heterocycles. The molecule has 0 amide bonds. The molecule has 1 heterocycles. The molecule has 0 fully saturated rings. The Labute approximate surface area is 107 Å². The maximum Gasteiger partial charge on any atom is 0.132 e. The van der Waals surface area contributed by atoms with Crippen LogP contribution in [0.5, 0.6) is 0 Å². The maximum atomic E-state index is 5.94. The summed E-state index contributed by atoms with van der Waals surface area (Å²) in [6.45, 7) is 4.99. The van der Waals surface area contributed by atoms with Gasteiger partial charge in [-0.3, -0.25) is 0 Å². The summed E-state index contributed by atoms with van der Waals surface area (Å²) in [6.07, 6.45) is 1.81. The van der Waals surface area contributed by atoms with Crippen molar-refractivity contribution in [3.05, 3.63) is 53.3 Å². The van der Waals surface area contributed by atoms with E-state index >= 15 is 0 Å². The van der Waals surface area contributed by atoms with Crippen LogP contribution in [0.15, 0.2) is 42.6 Å². The van der Waals surface area contributed by atoms with Gasteiger partial charge in [0.2, 0.25) is 0 Å². The number of hydrogen-bond acceptors (Lipinski definition) is 2. The molecule has 3 heteroatoms. The van der Waals surface area contributed by atoms with E-state index in [0.717, 1.165) is 17.8 Å². The highest BCUT2D eigenvalue weighted by Gasteiger charge is 2.08. The van der Waals surface area contributed by atoms with E-state index in [1.165, 1.54) is 5.69 Å². The maximum absolute atomic E-state index is 5.94. The first-order valence-electron chi connectivity index (χ1n) is 5.67. The number of benzene rings is 1. The molecule has 0 saturated heterocycles. The van der Waals surface area contributed by atoms with Gasteiger partial charge in [0, 0.05) is 12.2 Å². The van der Waals surface area contributed by atoms with Crippen molar-refractivity contribution in [1.82, 2.24) is 4.98 Å². The monoisotopic (exact) mass is 246 g/mol. The van der Waals surface area contributed by atoms with Crippen LogP contribution in [0.1, 0.15) is 12.5 Å². The summed E-state index contributed by atoms with van der Waals surface area (Å²) in [7, 11) is 0. The van der Waals surface area contributed by atoms with Crippen LogP contribution in [0.3, 0.4) is 0 Å². The highest BCUT2D eigenvalue weighted by molar-refractivity contribution is 6.30. The quantitative estimate of drug-likeness (QED) is 0.755. The van der Waals surface area contributed by atoms with Gasteiger partial charge in [0.25, 0.3) is 0 Å². The van der Waals surface area contributed by atoms with Crippen molar-refractivity contribution in [3.63, 3.8) is 0 Å². The first-order chi connectivity index (χ1) is 8.22. The summed E-state index contributed by atoms with van der Waals surface area (Å²) < 4.78 is 0. The van der Waals surface area contributed by atoms with Crippen LogP contribution >= 0.6 is 11.6 Å². The first kappa shape index (κ1) is 11.9. The van der Waals surface area contributed by atoms with E-state index in [1.54, 1.807) is 0 Å². The van der Waals surface area contributed by atoms with Gasteiger partial charge in [-0.05, 0) is 37.6 Å². The molecule has 2 aromatic rings. The summed E-state index contributed by atoms with van der Waals surface area (Å²) in [5, 5.41) is 0.567. The molecule has 2 rings (SSSR count). The van der Waals surface area contributed by atoms with Gasteiger partial charge in [-0.2, -0.15) is 0 Å². The Bertz CT molecular complexity index is 497. The van der Waals surface area contributed by atoms with Crippen molar-refractivity contribution in [2.24, 2.45) is 0 Å². The lowest BCUT2D eigenvalue weighted by atomic mass is 10.2. The molecule has 0 saturated carbocycles. The molecule has 0 aliphatic rings. The Hall–Kier alpha value is -1.54. The number of aromatic nitrogens is 1. The molecule has 2 nitrogen and oxygen atoms in total. The number of pyridine rings is 1. The molecule has 17 heavy (non-hydrogen) atoms. The second-order valence-corrected chi connectivity index (χ2v) is 4.24. The van der Waals surface area contributed by atoms with E-state index in [-0.39, 0.29) is 0 Å². The van der Waals surface area contributed by atoms with Crippen LogP contribution in [0.25, 0.3) is 0 Å². The molecule has 0 aliphatic heterocycles. The molecule has 1 aromatic carbocycles. The molecule has 0 unspecified atom stereocenters. The number of anilines is 2. The van der Waals surface area contributed by atoms with Gasteiger partial charge >= 0.3 is 0 Å². The van der Waals surface area contributed by atoms with Gasteiger partial charge in [0.15, 0.2) is 0 Å². The summed E-state index contributed by atoms with van der Waals surface area (Å²) in [6, 6.07) is 12.3. The fourth-order valence-electron chi connectivity index (χ4n) is 1.81. The minimum absolute atomic E-state index is 0.567. The van der Waals surface area contributed by atoms with E-state index in [9.17, 15) is 0 Å². The zero-order valence-electron chi connectivity index (χ0n) is 10.0. The molecule has 0 spiro atoms. The van der Waals surface area contributed by atoms with Crippen LogP contribution in [0.4, 0.5) is 11.4 Å². The van der Waals surface area contributed by atoms with Crippen molar-refractivity contribution >= 4 is 23.0 Å². The highest BCUT2D eigenvalue weighted by atomic mass is 35.5. The lowest BCUT2D eigenvalue weighted by Crippen LogP contribution is -2.16. The molecule has 0 bridgehead atoms. The number of hydrogen-bond donors (Lipinski definition) is 0. The predicted octanol–water partition coefficient (Wildman–Crippen LogP) is 4.20. The third-order valence-corrected chi connectivity index (χ3v) is 3.09. The van der Waals surface area contributed by atoms with Crippen LogP contribution in [0, 0.1) is 6.92 Å². The number of para-hydroxylation sites is 1.